The Bertz CT molecular complexity index is 689. The van der Waals surface area contributed by atoms with E-state index in [-0.39, 0.29) is 17.5 Å². The lowest BCUT2D eigenvalue weighted by Gasteiger charge is -2.11. The summed E-state index contributed by atoms with van der Waals surface area (Å²) in [7, 11) is 0. The minimum absolute atomic E-state index is 0.0733. The zero-order valence-corrected chi connectivity index (χ0v) is 13.9. The summed E-state index contributed by atoms with van der Waals surface area (Å²) in [5.74, 6) is -1.66. The number of hydrogen-bond donors (Lipinski definition) is 1. The van der Waals surface area contributed by atoms with Gasteiger partial charge in [-0.2, -0.15) is 13.2 Å². The third kappa shape index (κ3) is 6.45. The first-order valence-electron chi connectivity index (χ1n) is 6.80. The molecule has 0 radical (unpaired) electrons. The number of rotatable bonds is 6. The summed E-state index contributed by atoms with van der Waals surface area (Å²) in [6.07, 6.45) is -4.28. The van der Waals surface area contributed by atoms with Crippen LogP contribution in [0.4, 0.5) is 23.2 Å². The molecule has 1 amide bonds. The van der Waals surface area contributed by atoms with Crippen LogP contribution in [0.1, 0.15) is 0 Å². The van der Waals surface area contributed by atoms with Crippen molar-refractivity contribution in [3.05, 3.63) is 54.3 Å². The monoisotopic (exact) mass is 375 g/mol. The fraction of sp³-hybridized carbons (Fsp3) is 0.188. The molecule has 0 saturated carbocycles. The van der Waals surface area contributed by atoms with Crippen molar-refractivity contribution >= 4 is 35.1 Å². The number of hydrogen-bond acceptors (Lipinski definition) is 3. The fourth-order valence-electron chi connectivity index (χ4n) is 1.72. The zero-order chi connectivity index (χ0) is 17.6. The van der Waals surface area contributed by atoms with Gasteiger partial charge in [-0.25, -0.2) is 4.39 Å². The van der Waals surface area contributed by atoms with Crippen molar-refractivity contribution in [1.82, 2.24) is 0 Å². The van der Waals surface area contributed by atoms with Gasteiger partial charge >= 0.3 is 6.18 Å². The van der Waals surface area contributed by atoms with Crippen molar-refractivity contribution < 1.29 is 22.4 Å². The van der Waals surface area contributed by atoms with Gasteiger partial charge in [-0.3, -0.25) is 4.79 Å². The van der Waals surface area contributed by atoms with Crippen LogP contribution in [0.25, 0.3) is 0 Å². The van der Waals surface area contributed by atoms with Gasteiger partial charge in [0.05, 0.1) is 17.2 Å². The Morgan fingerprint density at radius 2 is 1.67 bits per heavy atom. The van der Waals surface area contributed by atoms with Crippen LogP contribution < -0.4 is 5.32 Å². The predicted molar refractivity (Wildman–Crippen MR) is 89.0 cm³/mol. The summed E-state index contributed by atoms with van der Waals surface area (Å²) >= 11 is 1.84. The molecule has 0 aromatic heterocycles. The molecule has 2 aromatic rings. The topological polar surface area (TPSA) is 29.1 Å². The van der Waals surface area contributed by atoms with E-state index in [9.17, 15) is 22.4 Å². The van der Waals surface area contributed by atoms with Gasteiger partial charge in [0.1, 0.15) is 5.82 Å². The molecule has 0 saturated heterocycles. The van der Waals surface area contributed by atoms with Crippen molar-refractivity contribution in [3.8, 4) is 0 Å². The van der Waals surface area contributed by atoms with E-state index < -0.39 is 11.9 Å². The quantitative estimate of drug-likeness (QED) is 0.555. The van der Waals surface area contributed by atoms with Crippen LogP contribution in [-0.2, 0) is 4.79 Å². The summed E-state index contributed by atoms with van der Waals surface area (Å²) in [5, 5.41) is 2.61. The highest BCUT2D eigenvalue weighted by atomic mass is 32.2. The molecule has 0 fully saturated rings. The first kappa shape index (κ1) is 18.7. The molecule has 0 spiro atoms. The largest absolute Gasteiger partial charge is 0.398 e. The number of halogens is 4. The Morgan fingerprint density at radius 1 is 1.00 bits per heavy atom. The van der Waals surface area contributed by atoms with Crippen LogP contribution in [-0.4, -0.2) is 23.6 Å². The lowest BCUT2D eigenvalue weighted by atomic mass is 10.3. The molecule has 2 aromatic carbocycles. The Labute approximate surface area is 145 Å². The highest BCUT2D eigenvalue weighted by molar-refractivity contribution is 8.00. The van der Waals surface area contributed by atoms with Crippen molar-refractivity contribution in [3.63, 3.8) is 0 Å². The molecule has 2 nitrogen and oxygen atoms in total. The summed E-state index contributed by atoms with van der Waals surface area (Å²) in [6, 6.07) is 12.0. The van der Waals surface area contributed by atoms with E-state index in [1.165, 1.54) is 30.0 Å². The van der Waals surface area contributed by atoms with Gasteiger partial charge in [-0.1, -0.05) is 12.1 Å². The lowest BCUT2D eigenvalue weighted by molar-refractivity contribution is -0.113. The Hall–Kier alpha value is -1.67. The second-order valence-corrected chi connectivity index (χ2v) is 6.76. The standard InChI is InChI=1S/C16H13F4NOS2/c17-11-5-7-12(8-6-11)23-9-15(22)21-13-3-1-2-4-14(13)24-10-16(18,19)20/h1-8H,9-10H2,(H,21,22). The number of carbonyl (C=O) groups is 1. The highest BCUT2D eigenvalue weighted by Crippen LogP contribution is 2.32. The second-order valence-electron chi connectivity index (χ2n) is 4.69. The minimum Gasteiger partial charge on any atom is -0.324 e. The van der Waals surface area contributed by atoms with E-state index in [0.717, 1.165) is 4.90 Å². The molecule has 0 aliphatic heterocycles. The molecule has 1 N–H and O–H groups in total. The van der Waals surface area contributed by atoms with Gasteiger partial charge in [-0.05, 0) is 36.4 Å². The molecular formula is C16H13F4NOS2. The molecule has 0 unspecified atom stereocenters. The van der Waals surface area contributed by atoms with Gasteiger partial charge < -0.3 is 5.32 Å². The average molecular weight is 375 g/mol. The normalized spacial score (nSPS) is 11.3. The summed E-state index contributed by atoms with van der Waals surface area (Å²) in [5.41, 5.74) is 0.344. The van der Waals surface area contributed by atoms with Crippen molar-refractivity contribution in [1.29, 1.82) is 0 Å². The molecule has 2 rings (SSSR count). The number of amides is 1. The molecule has 0 atom stereocenters. The Balaban J connectivity index is 1.92. The van der Waals surface area contributed by atoms with Crippen molar-refractivity contribution in [2.75, 3.05) is 16.8 Å². The Kier molecular flexibility index (Phi) is 6.56. The number of benzene rings is 2. The third-order valence-electron chi connectivity index (χ3n) is 2.74. The first-order valence-corrected chi connectivity index (χ1v) is 8.77. The molecular weight excluding hydrogens is 362 g/mol. The van der Waals surface area contributed by atoms with Crippen LogP contribution in [0.3, 0.4) is 0 Å². The molecule has 8 heteroatoms. The van der Waals surface area contributed by atoms with Crippen LogP contribution in [0.15, 0.2) is 58.3 Å². The molecule has 0 bridgehead atoms. The highest BCUT2D eigenvalue weighted by Gasteiger charge is 2.27. The second kappa shape index (κ2) is 8.43. The number of alkyl halides is 3. The van der Waals surface area contributed by atoms with E-state index >= 15 is 0 Å². The van der Waals surface area contributed by atoms with E-state index in [4.69, 9.17) is 0 Å². The van der Waals surface area contributed by atoms with E-state index in [1.54, 1.807) is 30.3 Å². The smallest absolute Gasteiger partial charge is 0.324 e. The van der Waals surface area contributed by atoms with E-state index in [0.29, 0.717) is 22.3 Å². The van der Waals surface area contributed by atoms with Crippen LogP contribution in [0.2, 0.25) is 0 Å². The van der Waals surface area contributed by atoms with E-state index in [2.05, 4.69) is 5.32 Å². The molecule has 0 heterocycles. The van der Waals surface area contributed by atoms with Crippen LogP contribution in [0, 0.1) is 5.82 Å². The number of thioether (sulfide) groups is 2. The zero-order valence-electron chi connectivity index (χ0n) is 12.3. The minimum atomic E-state index is -4.28. The number of nitrogens with one attached hydrogen (secondary N) is 1. The molecule has 0 aliphatic rings. The van der Waals surface area contributed by atoms with Gasteiger partial charge in [0, 0.05) is 9.79 Å². The lowest BCUT2D eigenvalue weighted by Crippen LogP contribution is -2.15. The van der Waals surface area contributed by atoms with Gasteiger partial charge in [0.25, 0.3) is 0 Å². The third-order valence-corrected chi connectivity index (χ3v) is 4.89. The Morgan fingerprint density at radius 3 is 2.33 bits per heavy atom. The molecule has 128 valence electrons. The van der Waals surface area contributed by atoms with Crippen LogP contribution >= 0.6 is 23.5 Å². The maximum absolute atomic E-state index is 12.8. The maximum Gasteiger partial charge on any atom is 0.398 e. The molecule has 0 aliphatic carbocycles. The van der Waals surface area contributed by atoms with Gasteiger partial charge in [0.2, 0.25) is 5.91 Å². The van der Waals surface area contributed by atoms with Crippen LogP contribution in [0.5, 0.6) is 0 Å². The first-order chi connectivity index (χ1) is 11.3. The number of carbonyl (C=O) groups excluding carboxylic acids is 1. The number of para-hydroxylation sites is 1. The SMILES string of the molecule is O=C(CSc1ccc(F)cc1)Nc1ccccc1SCC(F)(F)F. The summed E-state index contributed by atoms with van der Waals surface area (Å²) in [4.78, 5) is 13.1. The molecule has 24 heavy (non-hydrogen) atoms. The summed E-state index contributed by atoms with van der Waals surface area (Å²) in [6.45, 7) is 0. The number of anilines is 1. The van der Waals surface area contributed by atoms with Gasteiger partial charge in [0.15, 0.2) is 0 Å². The predicted octanol–water partition coefficient (Wildman–Crippen LogP) is 5.21. The fourth-order valence-corrected chi connectivity index (χ4v) is 3.19. The maximum atomic E-state index is 12.8. The van der Waals surface area contributed by atoms with Gasteiger partial charge in [-0.15, -0.1) is 23.5 Å². The van der Waals surface area contributed by atoms with Crippen molar-refractivity contribution in [2.24, 2.45) is 0 Å². The van der Waals surface area contributed by atoms with Crippen molar-refractivity contribution in [2.45, 2.75) is 16.0 Å². The average Bonchev–Trinajstić information content (AvgIpc) is 2.53. The van der Waals surface area contributed by atoms with E-state index in [1.807, 2.05) is 0 Å². The summed E-state index contributed by atoms with van der Waals surface area (Å²) < 4.78 is 49.8.